The van der Waals surface area contributed by atoms with Gasteiger partial charge in [0.2, 0.25) is 0 Å². The number of hydrogen-bond acceptors (Lipinski definition) is 1. The molecule has 0 aliphatic carbocycles. The number of nitrogens with one attached hydrogen (secondary N) is 1. The van der Waals surface area contributed by atoms with Gasteiger partial charge in [-0.1, -0.05) is 48.3 Å². The summed E-state index contributed by atoms with van der Waals surface area (Å²) >= 11 is 15.5. The lowest BCUT2D eigenvalue weighted by molar-refractivity contribution is 0.0952. The van der Waals surface area contributed by atoms with Crippen LogP contribution in [0.5, 0.6) is 0 Å². The maximum absolute atomic E-state index is 12.0. The van der Waals surface area contributed by atoms with E-state index in [2.05, 4.69) is 42.0 Å². The number of alkyl halides is 1. The molecular formula is C14H18BrCl2NO. The van der Waals surface area contributed by atoms with Gasteiger partial charge in [-0.2, -0.15) is 0 Å². The standard InChI is InChI=1S/C14H18BrCl2NO/c1-14(2,3)7-10(16)8-18-13(19)11-6-9(15)4-5-12(11)17/h4-6,10H,7-8H2,1-3H3,(H,18,19). The van der Waals surface area contributed by atoms with Gasteiger partial charge in [-0.3, -0.25) is 4.79 Å². The molecule has 2 nitrogen and oxygen atoms in total. The highest BCUT2D eigenvalue weighted by molar-refractivity contribution is 9.10. The van der Waals surface area contributed by atoms with E-state index >= 15 is 0 Å². The molecule has 5 heteroatoms. The van der Waals surface area contributed by atoms with Crippen molar-refractivity contribution < 1.29 is 4.79 Å². The Morgan fingerprint density at radius 2 is 2.05 bits per heavy atom. The number of amides is 1. The third-order valence-corrected chi connectivity index (χ3v) is 3.62. The summed E-state index contributed by atoms with van der Waals surface area (Å²) in [5, 5.41) is 3.16. The third-order valence-electron chi connectivity index (χ3n) is 2.49. The topological polar surface area (TPSA) is 29.1 Å². The number of carbonyl (C=O) groups is 1. The molecule has 0 saturated heterocycles. The summed E-state index contributed by atoms with van der Waals surface area (Å²) in [6.45, 7) is 6.79. The summed E-state index contributed by atoms with van der Waals surface area (Å²) in [6.07, 6.45) is 0.834. The summed E-state index contributed by atoms with van der Waals surface area (Å²) in [5.41, 5.74) is 0.598. The van der Waals surface area contributed by atoms with Gasteiger partial charge in [0.05, 0.1) is 16.0 Å². The van der Waals surface area contributed by atoms with Gasteiger partial charge >= 0.3 is 0 Å². The lowest BCUT2D eigenvalue weighted by Crippen LogP contribution is -2.31. The Kier molecular flexibility index (Phi) is 6.15. The number of halogens is 3. The van der Waals surface area contributed by atoms with E-state index in [1.54, 1.807) is 18.2 Å². The first-order valence-corrected chi connectivity index (χ1v) is 7.67. The Balaban J connectivity index is 2.58. The summed E-state index contributed by atoms with van der Waals surface area (Å²) < 4.78 is 0.819. The molecule has 0 spiro atoms. The number of rotatable bonds is 4. The minimum Gasteiger partial charge on any atom is -0.351 e. The van der Waals surface area contributed by atoms with Crippen LogP contribution in [0.3, 0.4) is 0 Å². The SMILES string of the molecule is CC(C)(C)CC(Cl)CNC(=O)c1cc(Br)ccc1Cl. The highest BCUT2D eigenvalue weighted by Gasteiger charge is 2.18. The Morgan fingerprint density at radius 1 is 1.42 bits per heavy atom. The smallest absolute Gasteiger partial charge is 0.252 e. The predicted octanol–water partition coefficient (Wildman–Crippen LogP) is 4.88. The predicted molar refractivity (Wildman–Crippen MR) is 85.2 cm³/mol. The molecule has 1 aromatic rings. The van der Waals surface area contributed by atoms with Crippen LogP contribution in [-0.4, -0.2) is 17.8 Å². The van der Waals surface area contributed by atoms with Gasteiger partial charge in [-0.25, -0.2) is 0 Å². The zero-order valence-electron chi connectivity index (χ0n) is 11.3. The molecule has 1 atom stereocenters. The number of hydrogen-bond donors (Lipinski definition) is 1. The Bertz CT molecular complexity index is 457. The molecule has 1 N–H and O–H groups in total. The number of benzene rings is 1. The minimum atomic E-state index is -0.203. The van der Waals surface area contributed by atoms with E-state index in [4.69, 9.17) is 23.2 Å². The molecule has 19 heavy (non-hydrogen) atoms. The molecule has 0 aliphatic rings. The summed E-state index contributed by atoms with van der Waals surface area (Å²) in [4.78, 5) is 12.0. The first kappa shape index (κ1) is 16.8. The van der Waals surface area contributed by atoms with Crippen LogP contribution < -0.4 is 5.32 Å². The van der Waals surface area contributed by atoms with E-state index in [0.717, 1.165) is 10.9 Å². The van der Waals surface area contributed by atoms with Gasteiger partial charge in [0, 0.05) is 11.0 Å². The second kappa shape index (κ2) is 6.96. The van der Waals surface area contributed by atoms with Crippen molar-refractivity contribution in [2.45, 2.75) is 32.6 Å². The number of carbonyl (C=O) groups excluding carboxylic acids is 1. The second-order valence-electron chi connectivity index (χ2n) is 5.70. The molecule has 0 fully saturated rings. The highest BCUT2D eigenvalue weighted by atomic mass is 79.9. The third kappa shape index (κ3) is 6.15. The van der Waals surface area contributed by atoms with Gasteiger partial charge in [0.25, 0.3) is 5.91 Å². The molecule has 0 bridgehead atoms. The first-order chi connectivity index (χ1) is 8.69. The van der Waals surface area contributed by atoms with Crippen LogP contribution in [0.25, 0.3) is 0 Å². The van der Waals surface area contributed by atoms with Crippen LogP contribution in [0, 0.1) is 5.41 Å². The fourth-order valence-corrected chi connectivity index (χ4v) is 2.81. The molecule has 1 unspecified atom stereocenters. The van der Waals surface area contributed by atoms with Crippen molar-refractivity contribution in [3.8, 4) is 0 Å². The largest absolute Gasteiger partial charge is 0.351 e. The molecule has 1 rings (SSSR count). The van der Waals surface area contributed by atoms with E-state index < -0.39 is 0 Å². The zero-order valence-corrected chi connectivity index (χ0v) is 14.4. The normalized spacial score (nSPS) is 13.2. The van der Waals surface area contributed by atoms with Crippen LogP contribution in [-0.2, 0) is 0 Å². The van der Waals surface area contributed by atoms with Crippen LogP contribution in [0.4, 0.5) is 0 Å². The average molecular weight is 367 g/mol. The van der Waals surface area contributed by atoms with Crippen molar-refractivity contribution in [1.82, 2.24) is 5.32 Å². The Morgan fingerprint density at radius 3 is 2.63 bits per heavy atom. The monoisotopic (exact) mass is 365 g/mol. The maximum atomic E-state index is 12.0. The van der Waals surface area contributed by atoms with Crippen molar-refractivity contribution in [1.29, 1.82) is 0 Å². The molecule has 0 aromatic heterocycles. The van der Waals surface area contributed by atoms with Crippen molar-refractivity contribution in [2.75, 3.05) is 6.54 Å². The minimum absolute atomic E-state index is 0.0881. The van der Waals surface area contributed by atoms with E-state index in [1.165, 1.54) is 0 Å². The van der Waals surface area contributed by atoms with Gasteiger partial charge in [0.1, 0.15) is 0 Å². The van der Waals surface area contributed by atoms with Gasteiger partial charge in [0.15, 0.2) is 0 Å². The molecule has 0 saturated carbocycles. The molecular weight excluding hydrogens is 349 g/mol. The van der Waals surface area contributed by atoms with Crippen molar-refractivity contribution in [3.05, 3.63) is 33.3 Å². The lowest BCUT2D eigenvalue weighted by Gasteiger charge is -2.22. The summed E-state index contributed by atoms with van der Waals surface area (Å²) in [6, 6.07) is 5.18. The molecule has 0 heterocycles. The van der Waals surface area contributed by atoms with Crippen molar-refractivity contribution >= 4 is 45.0 Å². The van der Waals surface area contributed by atoms with Crippen LogP contribution in [0.2, 0.25) is 5.02 Å². The average Bonchev–Trinajstić information content (AvgIpc) is 2.27. The van der Waals surface area contributed by atoms with E-state index in [1.807, 2.05) is 0 Å². The molecule has 1 amide bonds. The van der Waals surface area contributed by atoms with Crippen LogP contribution in [0.15, 0.2) is 22.7 Å². The first-order valence-electron chi connectivity index (χ1n) is 6.06. The quantitative estimate of drug-likeness (QED) is 0.756. The van der Waals surface area contributed by atoms with E-state index in [-0.39, 0.29) is 16.7 Å². The maximum Gasteiger partial charge on any atom is 0.252 e. The fourth-order valence-electron chi connectivity index (χ4n) is 1.71. The molecule has 1 aromatic carbocycles. The van der Waals surface area contributed by atoms with Gasteiger partial charge in [-0.15, -0.1) is 11.6 Å². The summed E-state index contributed by atoms with van der Waals surface area (Å²) in [5.74, 6) is -0.203. The van der Waals surface area contributed by atoms with Gasteiger partial charge < -0.3 is 5.32 Å². The van der Waals surface area contributed by atoms with E-state index in [0.29, 0.717) is 17.1 Å². The van der Waals surface area contributed by atoms with E-state index in [9.17, 15) is 4.79 Å². The Labute approximate surface area is 133 Å². The highest BCUT2D eigenvalue weighted by Crippen LogP contribution is 2.24. The van der Waals surface area contributed by atoms with Crippen molar-refractivity contribution in [2.24, 2.45) is 5.41 Å². The van der Waals surface area contributed by atoms with Crippen molar-refractivity contribution in [3.63, 3.8) is 0 Å². The van der Waals surface area contributed by atoms with Gasteiger partial charge in [-0.05, 0) is 30.0 Å². The molecule has 0 aliphatic heterocycles. The van der Waals surface area contributed by atoms with Crippen LogP contribution in [0.1, 0.15) is 37.6 Å². The zero-order chi connectivity index (χ0) is 14.6. The Hall–Kier alpha value is -0.250. The summed E-state index contributed by atoms with van der Waals surface area (Å²) in [7, 11) is 0. The fraction of sp³-hybridized carbons (Fsp3) is 0.500. The second-order valence-corrected chi connectivity index (χ2v) is 7.64. The lowest BCUT2D eigenvalue weighted by atomic mass is 9.90. The molecule has 106 valence electrons. The molecule has 0 radical (unpaired) electrons. The van der Waals surface area contributed by atoms with Crippen LogP contribution >= 0.6 is 39.1 Å².